The van der Waals surface area contributed by atoms with Crippen LogP contribution in [-0.2, 0) is 20.7 Å². The summed E-state index contributed by atoms with van der Waals surface area (Å²) < 4.78 is 9.98. The lowest BCUT2D eigenvalue weighted by atomic mass is 10.1. The van der Waals surface area contributed by atoms with Crippen molar-refractivity contribution >= 4 is 23.6 Å². The summed E-state index contributed by atoms with van der Waals surface area (Å²) in [5.41, 5.74) is 1.53. The molecule has 126 valence electrons. The SMILES string of the molecule is COCCNC(=O)Cc1ccc(NC(=O)/C=C/c2ccco2)cc1. The van der Waals surface area contributed by atoms with Crippen LogP contribution in [0.1, 0.15) is 11.3 Å². The van der Waals surface area contributed by atoms with Gasteiger partial charge in [-0.3, -0.25) is 9.59 Å². The van der Waals surface area contributed by atoms with Gasteiger partial charge in [0.15, 0.2) is 0 Å². The van der Waals surface area contributed by atoms with Gasteiger partial charge >= 0.3 is 0 Å². The van der Waals surface area contributed by atoms with Crippen molar-refractivity contribution in [2.45, 2.75) is 6.42 Å². The molecule has 24 heavy (non-hydrogen) atoms. The van der Waals surface area contributed by atoms with Crippen molar-refractivity contribution in [1.82, 2.24) is 5.32 Å². The number of furan rings is 1. The quantitative estimate of drug-likeness (QED) is 0.575. The standard InChI is InChI=1S/C18H20N2O4/c1-23-12-10-19-18(22)13-14-4-6-15(7-5-14)20-17(21)9-8-16-3-2-11-24-16/h2-9,11H,10,12-13H2,1H3,(H,19,22)(H,20,21)/b9-8+. The molecule has 6 heteroatoms. The van der Waals surface area contributed by atoms with Crippen LogP contribution < -0.4 is 10.6 Å². The fraction of sp³-hybridized carbons (Fsp3) is 0.222. The van der Waals surface area contributed by atoms with Crippen molar-refractivity contribution in [2.75, 3.05) is 25.6 Å². The third-order valence-electron chi connectivity index (χ3n) is 3.16. The van der Waals surface area contributed by atoms with Crippen LogP contribution in [0.2, 0.25) is 0 Å². The summed E-state index contributed by atoms with van der Waals surface area (Å²) in [4.78, 5) is 23.5. The molecule has 0 radical (unpaired) electrons. The molecule has 1 heterocycles. The summed E-state index contributed by atoms with van der Waals surface area (Å²) in [6.45, 7) is 0.980. The number of hydrogen-bond donors (Lipinski definition) is 2. The van der Waals surface area contributed by atoms with Gasteiger partial charge in [-0.25, -0.2) is 0 Å². The highest BCUT2D eigenvalue weighted by atomic mass is 16.5. The Kier molecular flexibility index (Phi) is 6.79. The van der Waals surface area contributed by atoms with Gasteiger partial charge in [0.05, 0.1) is 19.3 Å². The lowest BCUT2D eigenvalue weighted by Crippen LogP contribution is -2.28. The van der Waals surface area contributed by atoms with Gasteiger partial charge in [-0.05, 0) is 35.9 Å². The maximum absolute atomic E-state index is 11.8. The summed E-state index contributed by atoms with van der Waals surface area (Å²) in [6, 6.07) is 10.6. The highest BCUT2D eigenvalue weighted by Crippen LogP contribution is 2.10. The predicted octanol–water partition coefficient (Wildman–Crippen LogP) is 2.24. The molecular formula is C18H20N2O4. The van der Waals surface area contributed by atoms with Crippen LogP contribution in [0.3, 0.4) is 0 Å². The number of carbonyl (C=O) groups excluding carboxylic acids is 2. The van der Waals surface area contributed by atoms with E-state index in [0.29, 0.717) is 24.6 Å². The van der Waals surface area contributed by atoms with E-state index in [-0.39, 0.29) is 18.2 Å². The average Bonchev–Trinajstić information content (AvgIpc) is 3.08. The zero-order chi connectivity index (χ0) is 17.2. The summed E-state index contributed by atoms with van der Waals surface area (Å²) >= 11 is 0. The Bertz CT molecular complexity index is 676. The van der Waals surface area contributed by atoms with E-state index in [2.05, 4.69) is 10.6 Å². The van der Waals surface area contributed by atoms with Crippen molar-refractivity contribution < 1.29 is 18.7 Å². The van der Waals surface area contributed by atoms with Crippen LogP contribution in [0.4, 0.5) is 5.69 Å². The molecular weight excluding hydrogens is 308 g/mol. The van der Waals surface area contributed by atoms with E-state index < -0.39 is 0 Å². The van der Waals surface area contributed by atoms with Crippen LogP contribution >= 0.6 is 0 Å². The van der Waals surface area contributed by atoms with Crippen molar-refractivity contribution in [3.05, 3.63) is 60.1 Å². The first-order valence-electron chi connectivity index (χ1n) is 7.54. The Hall–Kier alpha value is -2.86. The normalized spacial score (nSPS) is 10.7. The fourth-order valence-corrected chi connectivity index (χ4v) is 1.97. The van der Waals surface area contributed by atoms with Gasteiger partial charge in [0.1, 0.15) is 5.76 Å². The minimum atomic E-state index is -0.253. The molecule has 0 saturated heterocycles. The van der Waals surface area contributed by atoms with E-state index in [1.807, 2.05) is 12.1 Å². The Morgan fingerprint density at radius 3 is 2.67 bits per heavy atom. The van der Waals surface area contributed by atoms with Gasteiger partial charge in [0.25, 0.3) is 0 Å². The topological polar surface area (TPSA) is 80.6 Å². The maximum atomic E-state index is 11.8. The van der Waals surface area contributed by atoms with Crippen molar-refractivity contribution in [3.63, 3.8) is 0 Å². The summed E-state index contributed by atoms with van der Waals surface area (Å²) in [7, 11) is 1.59. The molecule has 0 bridgehead atoms. The van der Waals surface area contributed by atoms with E-state index in [4.69, 9.17) is 9.15 Å². The summed E-state index contributed by atoms with van der Waals surface area (Å²) in [5.74, 6) is 0.293. The van der Waals surface area contributed by atoms with E-state index in [0.717, 1.165) is 5.56 Å². The number of nitrogens with one attached hydrogen (secondary N) is 2. The zero-order valence-corrected chi connectivity index (χ0v) is 13.5. The van der Waals surface area contributed by atoms with Crippen LogP contribution in [0.15, 0.2) is 53.2 Å². The second-order valence-electron chi connectivity index (χ2n) is 5.05. The van der Waals surface area contributed by atoms with Crippen LogP contribution in [0, 0.1) is 0 Å². The number of amides is 2. The molecule has 0 fully saturated rings. The third kappa shape index (κ3) is 6.10. The first-order chi connectivity index (χ1) is 11.7. The molecule has 1 aromatic carbocycles. The number of methoxy groups -OCH3 is 1. The molecule has 0 spiro atoms. The maximum Gasteiger partial charge on any atom is 0.248 e. The molecule has 0 aliphatic carbocycles. The first kappa shape index (κ1) is 17.5. The van der Waals surface area contributed by atoms with Crippen LogP contribution in [-0.4, -0.2) is 32.1 Å². The average molecular weight is 328 g/mol. The zero-order valence-electron chi connectivity index (χ0n) is 13.5. The molecule has 0 aliphatic heterocycles. The number of hydrogen-bond acceptors (Lipinski definition) is 4. The van der Waals surface area contributed by atoms with E-state index in [1.54, 1.807) is 43.7 Å². The molecule has 2 aromatic rings. The van der Waals surface area contributed by atoms with Crippen LogP contribution in [0.25, 0.3) is 6.08 Å². The first-order valence-corrected chi connectivity index (χ1v) is 7.54. The molecule has 0 aliphatic rings. The van der Waals surface area contributed by atoms with E-state index in [9.17, 15) is 9.59 Å². The Morgan fingerprint density at radius 1 is 1.21 bits per heavy atom. The van der Waals surface area contributed by atoms with Crippen molar-refractivity contribution in [1.29, 1.82) is 0 Å². The summed E-state index contributed by atoms with van der Waals surface area (Å²) in [6.07, 6.45) is 4.82. The monoisotopic (exact) mass is 328 g/mol. The van der Waals surface area contributed by atoms with E-state index >= 15 is 0 Å². The number of ether oxygens (including phenoxy) is 1. The van der Waals surface area contributed by atoms with E-state index in [1.165, 1.54) is 6.08 Å². The molecule has 2 N–H and O–H groups in total. The second-order valence-corrected chi connectivity index (χ2v) is 5.05. The van der Waals surface area contributed by atoms with Gasteiger partial charge in [-0.15, -0.1) is 0 Å². The number of anilines is 1. The molecule has 0 saturated carbocycles. The summed E-state index contributed by atoms with van der Waals surface area (Å²) in [5, 5.41) is 5.50. The van der Waals surface area contributed by atoms with Gasteiger partial charge in [0.2, 0.25) is 11.8 Å². The van der Waals surface area contributed by atoms with Gasteiger partial charge < -0.3 is 19.8 Å². The predicted molar refractivity (Wildman–Crippen MR) is 91.4 cm³/mol. The second kappa shape index (κ2) is 9.32. The Morgan fingerprint density at radius 2 is 2.00 bits per heavy atom. The third-order valence-corrected chi connectivity index (χ3v) is 3.16. The smallest absolute Gasteiger partial charge is 0.248 e. The van der Waals surface area contributed by atoms with Crippen molar-refractivity contribution in [3.8, 4) is 0 Å². The molecule has 0 unspecified atom stereocenters. The molecule has 2 rings (SSSR count). The lowest BCUT2D eigenvalue weighted by Gasteiger charge is -2.06. The van der Waals surface area contributed by atoms with Crippen molar-refractivity contribution in [2.24, 2.45) is 0 Å². The van der Waals surface area contributed by atoms with Crippen LogP contribution in [0.5, 0.6) is 0 Å². The highest BCUT2D eigenvalue weighted by Gasteiger charge is 2.04. The van der Waals surface area contributed by atoms with Gasteiger partial charge in [-0.2, -0.15) is 0 Å². The number of benzene rings is 1. The highest BCUT2D eigenvalue weighted by molar-refractivity contribution is 6.01. The minimum absolute atomic E-state index is 0.0646. The largest absolute Gasteiger partial charge is 0.465 e. The lowest BCUT2D eigenvalue weighted by molar-refractivity contribution is -0.120. The Balaban J connectivity index is 1.81. The fourth-order valence-electron chi connectivity index (χ4n) is 1.97. The number of rotatable bonds is 8. The number of carbonyl (C=O) groups is 2. The Labute approximate surface area is 140 Å². The molecule has 1 aromatic heterocycles. The van der Waals surface area contributed by atoms with Gasteiger partial charge in [0, 0.05) is 25.4 Å². The molecule has 0 atom stereocenters. The molecule has 2 amide bonds. The van der Waals surface area contributed by atoms with Gasteiger partial charge in [-0.1, -0.05) is 12.1 Å². The molecule has 6 nitrogen and oxygen atoms in total. The minimum Gasteiger partial charge on any atom is -0.465 e.